The number of amides is 2. The molecule has 2 amide bonds. The van der Waals surface area contributed by atoms with Gasteiger partial charge < -0.3 is 19.7 Å². The summed E-state index contributed by atoms with van der Waals surface area (Å²) in [5.41, 5.74) is 0.127. The number of carbonyl (C=O) groups excluding carboxylic acids is 1. The van der Waals surface area contributed by atoms with Crippen LogP contribution in [0.5, 0.6) is 0 Å². The van der Waals surface area contributed by atoms with Gasteiger partial charge in [-0.3, -0.25) is 0 Å². The van der Waals surface area contributed by atoms with Gasteiger partial charge in [-0.15, -0.1) is 0 Å². The van der Waals surface area contributed by atoms with E-state index < -0.39 is 5.97 Å². The second-order valence-electron chi connectivity index (χ2n) is 5.79. The van der Waals surface area contributed by atoms with Gasteiger partial charge >= 0.3 is 12.0 Å². The first kappa shape index (κ1) is 17.1. The van der Waals surface area contributed by atoms with Gasteiger partial charge in [0.05, 0.1) is 6.54 Å². The van der Waals surface area contributed by atoms with Crippen LogP contribution in [0.1, 0.15) is 49.6 Å². The van der Waals surface area contributed by atoms with E-state index in [1.165, 1.54) is 6.07 Å². The molecule has 1 aromatic heterocycles. The molecule has 0 unspecified atom stereocenters. The molecule has 6 nitrogen and oxygen atoms in total. The summed E-state index contributed by atoms with van der Waals surface area (Å²) < 4.78 is 5.33. The van der Waals surface area contributed by atoms with Gasteiger partial charge in [-0.2, -0.15) is 0 Å². The van der Waals surface area contributed by atoms with E-state index in [2.05, 4.69) is 19.2 Å². The molecule has 1 aromatic rings. The number of carboxylic acid groups (broad SMARTS) is 1. The fourth-order valence-corrected chi connectivity index (χ4v) is 2.03. The van der Waals surface area contributed by atoms with Crippen LogP contribution < -0.4 is 5.32 Å². The molecule has 1 rings (SSSR count). The Morgan fingerprint density at radius 1 is 1.33 bits per heavy atom. The maximum Gasteiger partial charge on any atom is 0.339 e. The Labute approximate surface area is 125 Å². The Balaban J connectivity index is 2.66. The second-order valence-corrected chi connectivity index (χ2v) is 5.79. The van der Waals surface area contributed by atoms with E-state index in [0.717, 1.165) is 0 Å². The van der Waals surface area contributed by atoms with E-state index in [0.29, 0.717) is 24.0 Å². The molecule has 0 aliphatic carbocycles. The van der Waals surface area contributed by atoms with Crippen LogP contribution in [0.15, 0.2) is 10.5 Å². The molecule has 0 aromatic carbocycles. The number of aryl methyl sites for hydroxylation is 1. The summed E-state index contributed by atoms with van der Waals surface area (Å²) >= 11 is 0. The van der Waals surface area contributed by atoms with Crippen LogP contribution in [0.3, 0.4) is 0 Å². The summed E-state index contributed by atoms with van der Waals surface area (Å²) in [6.07, 6.45) is 0. The minimum Gasteiger partial charge on any atom is -0.478 e. The molecule has 0 atom stereocenters. The van der Waals surface area contributed by atoms with Crippen molar-refractivity contribution in [2.45, 2.75) is 47.2 Å². The van der Waals surface area contributed by atoms with Crippen LogP contribution in [0, 0.1) is 12.8 Å². The molecule has 0 radical (unpaired) electrons. The summed E-state index contributed by atoms with van der Waals surface area (Å²) in [4.78, 5) is 24.9. The maximum atomic E-state index is 12.2. The number of urea groups is 1. The highest BCUT2D eigenvalue weighted by Gasteiger charge is 2.19. The molecule has 0 spiro atoms. The molecule has 21 heavy (non-hydrogen) atoms. The summed E-state index contributed by atoms with van der Waals surface area (Å²) in [5.74, 6) is 0.126. The van der Waals surface area contributed by atoms with Crippen molar-refractivity contribution in [1.82, 2.24) is 10.2 Å². The first-order chi connectivity index (χ1) is 9.72. The van der Waals surface area contributed by atoms with Crippen molar-refractivity contribution < 1.29 is 19.1 Å². The highest BCUT2D eigenvalue weighted by molar-refractivity contribution is 5.88. The van der Waals surface area contributed by atoms with Crippen molar-refractivity contribution in [3.8, 4) is 0 Å². The fraction of sp³-hybridized carbons (Fsp3) is 0.600. The normalized spacial score (nSPS) is 11.0. The smallest absolute Gasteiger partial charge is 0.339 e. The zero-order chi connectivity index (χ0) is 16.2. The zero-order valence-corrected chi connectivity index (χ0v) is 13.3. The third-order valence-electron chi connectivity index (χ3n) is 3.06. The van der Waals surface area contributed by atoms with E-state index in [-0.39, 0.29) is 24.2 Å². The summed E-state index contributed by atoms with van der Waals surface area (Å²) in [5, 5.41) is 11.7. The molecule has 0 aliphatic rings. The van der Waals surface area contributed by atoms with Gasteiger partial charge in [0.1, 0.15) is 17.1 Å². The van der Waals surface area contributed by atoms with Gasteiger partial charge in [0.15, 0.2) is 0 Å². The monoisotopic (exact) mass is 296 g/mol. The second kappa shape index (κ2) is 7.15. The maximum absolute atomic E-state index is 12.2. The van der Waals surface area contributed by atoms with E-state index >= 15 is 0 Å². The van der Waals surface area contributed by atoms with Gasteiger partial charge in [0.2, 0.25) is 0 Å². The molecule has 0 aliphatic heterocycles. The van der Waals surface area contributed by atoms with Crippen molar-refractivity contribution in [1.29, 1.82) is 0 Å². The minimum absolute atomic E-state index is 0.0975. The van der Waals surface area contributed by atoms with Crippen LogP contribution in [0.4, 0.5) is 4.79 Å². The number of furan rings is 1. The molecule has 0 saturated heterocycles. The number of rotatable bonds is 6. The Kier molecular flexibility index (Phi) is 5.81. The number of nitrogens with zero attached hydrogens (tertiary/aromatic N) is 1. The molecular weight excluding hydrogens is 272 g/mol. The molecule has 0 fully saturated rings. The SMILES string of the molecule is Cc1oc(CNC(=O)N(CC(C)C)C(C)C)cc1C(=O)O. The number of carboxylic acids is 1. The largest absolute Gasteiger partial charge is 0.478 e. The molecule has 1 heterocycles. The van der Waals surface area contributed by atoms with Gasteiger partial charge in [0.25, 0.3) is 0 Å². The van der Waals surface area contributed by atoms with E-state index in [4.69, 9.17) is 9.52 Å². The molecule has 0 bridgehead atoms. The molecule has 118 valence electrons. The predicted octanol–water partition coefficient (Wildman–Crippen LogP) is 2.86. The highest BCUT2D eigenvalue weighted by Crippen LogP contribution is 2.14. The third kappa shape index (κ3) is 4.81. The van der Waals surface area contributed by atoms with Crippen LogP contribution in [0.25, 0.3) is 0 Å². The summed E-state index contributed by atoms with van der Waals surface area (Å²) in [7, 11) is 0. The van der Waals surface area contributed by atoms with Crippen LogP contribution >= 0.6 is 0 Å². The van der Waals surface area contributed by atoms with Gasteiger partial charge in [-0.1, -0.05) is 13.8 Å². The fourth-order valence-electron chi connectivity index (χ4n) is 2.03. The minimum atomic E-state index is -1.03. The van der Waals surface area contributed by atoms with Crippen molar-refractivity contribution in [3.05, 3.63) is 23.2 Å². The number of nitrogens with one attached hydrogen (secondary N) is 1. The average molecular weight is 296 g/mol. The van der Waals surface area contributed by atoms with Crippen molar-refractivity contribution in [3.63, 3.8) is 0 Å². The number of aromatic carboxylic acids is 1. The third-order valence-corrected chi connectivity index (χ3v) is 3.06. The zero-order valence-electron chi connectivity index (χ0n) is 13.3. The lowest BCUT2D eigenvalue weighted by atomic mass is 10.2. The van der Waals surface area contributed by atoms with Crippen LogP contribution in [-0.2, 0) is 6.54 Å². The number of hydrogen-bond donors (Lipinski definition) is 2. The Hall–Kier alpha value is -1.98. The van der Waals surface area contributed by atoms with E-state index in [1.807, 2.05) is 13.8 Å². The summed E-state index contributed by atoms with van der Waals surface area (Å²) in [6.45, 7) is 10.5. The molecular formula is C15H24N2O4. The highest BCUT2D eigenvalue weighted by atomic mass is 16.4. The first-order valence-corrected chi connectivity index (χ1v) is 7.09. The van der Waals surface area contributed by atoms with Gasteiger partial charge in [0, 0.05) is 12.6 Å². The lowest BCUT2D eigenvalue weighted by Gasteiger charge is -2.28. The molecule has 2 N–H and O–H groups in total. The van der Waals surface area contributed by atoms with Gasteiger partial charge in [-0.05, 0) is 32.8 Å². The first-order valence-electron chi connectivity index (χ1n) is 7.09. The predicted molar refractivity (Wildman–Crippen MR) is 79.3 cm³/mol. The molecule has 0 saturated carbocycles. The number of hydrogen-bond acceptors (Lipinski definition) is 3. The molecule has 6 heteroatoms. The quantitative estimate of drug-likeness (QED) is 0.845. The van der Waals surface area contributed by atoms with Gasteiger partial charge in [-0.25, -0.2) is 9.59 Å². The Morgan fingerprint density at radius 3 is 2.38 bits per heavy atom. The lowest BCUT2D eigenvalue weighted by Crippen LogP contribution is -2.45. The summed E-state index contributed by atoms with van der Waals surface area (Å²) in [6, 6.07) is 1.37. The van der Waals surface area contributed by atoms with Crippen LogP contribution in [-0.4, -0.2) is 34.6 Å². The lowest BCUT2D eigenvalue weighted by molar-refractivity contribution is 0.0695. The number of carbonyl (C=O) groups is 2. The van der Waals surface area contributed by atoms with Crippen molar-refractivity contribution >= 4 is 12.0 Å². The standard InChI is InChI=1S/C15H24N2O4/c1-9(2)8-17(10(3)4)15(20)16-7-12-6-13(14(18)19)11(5)21-12/h6,9-10H,7-8H2,1-5H3,(H,16,20)(H,18,19). The Morgan fingerprint density at radius 2 is 1.95 bits per heavy atom. The van der Waals surface area contributed by atoms with Crippen molar-refractivity contribution in [2.24, 2.45) is 5.92 Å². The topological polar surface area (TPSA) is 82.8 Å². The average Bonchev–Trinajstić information content (AvgIpc) is 2.74. The van der Waals surface area contributed by atoms with E-state index in [1.54, 1.807) is 11.8 Å². The van der Waals surface area contributed by atoms with Crippen LogP contribution in [0.2, 0.25) is 0 Å². The van der Waals surface area contributed by atoms with E-state index in [9.17, 15) is 9.59 Å². The Bertz CT molecular complexity index is 506. The van der Waals surface area contributed by atoms with Crippen molar-refractivity contribution in [2.75, 3.05) is 6.54 Å².